The van der Waals surface area contributed by atoms with Crippen molar-refractivity contribution in [2.75, 3.05) is 6.61 Å². The van der Waals surface area contributed by atoms with E-state index in [1.165, 1.54) is 12.3 Å². The van der Waals surface area contributed by atoms with Crippen LogP contribution in [0.2, 0.25) is 0 Å². The first-order chi connectivity index (χ1) is 12.7. The van der Waals surface area contributed by atoms with Crippen molar-refractivity contribution in [1.82, 2.24) is 0 Å². The largest absolute Gasteiger partial charge is 0.492 e. The number of ether oxygens (including phenoxy) is 1. The molecule has 0 aromatic heterocycles. The van der Waals surface area contributed by atoms with Gasteiger partial charge in [0.25, 0.3) is 5.69 Å². The predicted octanol–water partition coefficient (Wildman–Crippen LogP) is 3.47. The second kappa shape index (κ2) is 5.54. The molecule has 1 N–H and O–H groups in total. The van der Waals surface area contributed by atoms with Gasteiger partial charge in [-0.3, -0.25) is 14.9 Å². The molecule has 0 bridgehead atoms. The maximum Gasteiger partial charge on any atom is 0.335 e. The lowest BCUT2D eigenvalue weighted by Crippen LogP contribution is -2.29. The molecule has 0 fully saturated rings. The van der Waals surface area contributed by atoms with Crippen molar-refractivity contribution < 1.29 is 24.0 Å². The number of carbonyl (C=O) groups is 1. The van der Waals surface area contributed by atoms with Crippen LogP contribution in [0.4, 0.5) is 5.69 Å². The summed E-state index contributed by atoms with van der Waals surface area (Å²) in [4.78, 5) is 35.1. The monoisotopic (exact) mass is 369 g/mol. The van der Waals surface area contributed by atoms with Crippen LogP contribution in [0.25, 0.3) is 22.1 Å². The third kappa shape index (κ3) is 2.61. The van der Waals surface area contributed by atoms with Gasteiger partial charge in [0, 0.05) is 23.1 Å². The molecule has 0 atom stereocenters. The number of nitro benzene ring substituents is 1. The van der Waals surface area contributed by atoms with Crippen LogP contribution in [-0.4, -0.2) is 22.6 Å². The SMILES string of the molecule is CC1(C)COc2cc3occ4c(=O)cc(C(=O)O)cc-4c3c([N+](=O)[O-])c2C1. The summed E-state index contributed by atoms with van der Waals surface area (Å²) in [5.41, 5.74) is -0.475. The average molecular weight is 369 g/mol. The van der Waals surface area contributed by atoms with E-state index >= 15 is 0 Å². The maximum atomic E-state index is 12.3. The zero-order valence-corrected chi connectivity index (χ0v) is 14.6. The van der Waals surface area contributed by atoms with E-state index in [0.29, 0.717) is 24.3 Å². The quantitative estimate of drug-likeness (QED) is 0.417. The molecule has 1 aliphatic carbocycles. The Kier molecular flexibility index (Phi) is 3.49. The van der Waals surface area contributed by atoms with Crippen molar-refractivity contribution in [2.45, 2.75) is 20.3 Å². The first-order valence-corrected chi connectivity index (χ1v) is 8.23. The molecule has 0 saturated carbocycles. The number of hydrogen-bond donors (Lipinski definition) is 1. The Labute approximate surface area is 152 Å². The van der Waals surface area contributed by atoms with E-state index in [9.17, 15) is 24.8 Å². The number of rotatable bonds is 2. The van der Waals surface area contributed by atoms with Gasteiger partial charge in [-0.2, -0.15) is 0 Å². The van der Waals surface area contributed by atoms with E-state index in [2.05, 4.69) is 0 Å². The van der Waals surface area contributed by atoms with E-state index in [0.717, 1.165) is 6.07 Å². The molecule has 2 heterocycles. The molecule has 4 rings (SSSR count). The van der Waals surface area contributed by atoms with Gasteiger partial charge in [0.1, 0.15) is 23.0 Å². The van der Waals surface area contributed by atoms with Gasteiger partial charge >= 0.3 is 5.97 Å². The lowest BCUT2D eigenvalue weighted by atomic mass is 9.82. The average Bonchev–Trinajstić information content (AvgIpc) is 2.58. The van der Waals surface area contributed by atoms with Gasteiger partial charge in [0.15, 0.2) is 5.43 Å². The van der Waals surface area contributed by atoms with Gasteiger partial charge in [-0.15, -0.1) is 0 Å². The molecule has 0 saturated heterocycles. The Morgan fingerprint density at radius 3 is 2.67 bits per heavy atom. The highest BCUT2D eigenvalue weighted by Gasteiger charge is 2.36. The van der Waals surface area contributed by atoms with Gasteiger partial charge in [-0.1, -0.05) is 13.8 Å². The van der Waals surface area contributed by atoms with E-state index < -0.39 is 16.3 Å². The summed E-state index contributed by atoms with van der Waals surface area (Å²) in [5, 5.41) is 21.3. The van der Waals surface area contributed by atoms with Crippen LogP contribution in [0.1, 0.15) is 29.8 Å². The zero-order valence-electron chi connectivity index (χ0n) is 14.6. The van der Waals surface area contributed by atoms with Crippen LogP contribution in [0.15, 0.2) is 33.7 Å². The molecular weight excluding hydrogens is 354 g/mol. The number of carboxylic acids is 1. The van der Waals surface area contributed by atoms with Crippen LogP contribution in [0.3, 0.4) is 0 Å². The normalized spacial score (nSPS) is 15.3. The second-order valence-corrected chi connectivity index (χ2v) is 7.44. The molecule has 1 aromatic rings. The van der Waals surface area contributed by atoms with E-state index in [4.69, 9.17) is 9.15 Å². The van der Waals surface area contributed by atoms with Gasteiger partial charge in [0.05, 0.1) is 28.2 Å². The number of carboxylic acid groups (broad SMARTS) is 1. The van der Waals surface area contributed by atoms with Crippen molar-refractivity contribution in [3.8, 4) is 16.9 Å². The van der Waals surface area contributed by atoms with Gasteiger partial charge in [0.2, 0.25) is 0 Å². The van der Waals surface area contributed by atoms with Crippen molar-refractivity contribution >= 4 is 22.6 Å². The zero-order chi connectivity index (χ0) is 19.5. The molecule has 1 aromatic carbocycles. The van der Waals surface area contributed by atoms with E-state index in [1.54, 1.807) is 6.07 Å². The summed E-state index contributed by atoms with van der Waals surface area (Å²) in [6.45, 7) is 4.29. The summed E-state index contributed by atoms with van der Waals surface area (Å²) < 4.78 is 11.2. The number of fused-ring (bicyclic) bond motifs is 4. The highest BCUT2D eigenvalue weighted by atomic mass is 16.6. The summed E-state index contributed by atoms with van der Waals surface area (Å²) in [5.74, 6) is -0.915. The molecule has 3 aliphatic rings. The highest BCUT2D eigenvalue weighted by molar-refractivity contribution is 6.04. The lowest BCUT2D eigenvalue weighted by Gasteiger charge is -2.31. The van der Waals surface area contributed by atoms with Crippen molar-refractivity contribution in [3.05, 3.63) is 55.9 Å². The fraction of sp³-hybridized carbons (Fsp3) is 0.263. The first-order valence-electron chi connectivity index (χ1n) is 8.23. The second-order valence-electron chi connectivity index (χ2n) is 7.44. The maximum absolute atomic E-state index is 12.3. The Bertz CT molecular complexity index is 1160. The highest BCUT2D eigenvalue weighted by Crippen LogP contribution is 2.46. The molecule has 27 heavy (non-hydrogen) atoms. The topological polar surface area (TPSA) is 120 Å². The Hall–Kier alpha value is -3.42. The molecule has 0 radical (unpaired) electrons. The van der Waals surface area contributed by atoms with Crippen LogP contribution in [-0.2, 0) is 6.42 Å². The molecule has 2 aliphatic heterocycles. The number of nitrogens with zero attached hydrogens (tertiary/aromatic N) is 1. The smallest absolute Gasteiger partial charge is 0.335 e. The fourth-order valence-electron chi connectivity index (χ4n) is 3.52. The van der Waals surface area contributed by atoms with E-state index in [-0.39, 0.29) is 38.8 Å². The summed E-state index contributed by atoms with van der Waals surface area (Å²) >= 11 is 0. The van der Waals surface area contributed by atoms with Crippen molar-refractivity contribution in [1.29, 1.82) is 0 Å². The minimum atomic E-state index is -1.28. The van der Waals surface area contributed by atoms with Gasteiger partial charge < -0.3 is 14.3 Å². The third-order valence-corrected chi connectivity index (χ3v) is 4.75. The number of aromatic carboxylic acids is 1. The number of nitro groups is 1. The van der Waals surface area contributed by atoms with Crippen LogP contribution >= 0.6 is 0 Å². The third-order valence-electron chi connectivity index (χ3n) is 4.75. The number of hydrogen-bond acceptors (Lipinski definition) is 6. The summed E-state index contributed by atoms with van der Waals surface area (Å²) in [6, 6.07) is 3.80. The Balaban J connectivity index is 2.19. The Morgan fingerprint density at radius 2 is 2.00 bits per heavy atom. The lowest BCUT2D eigenvalue weighted by molar-refractivity contribution is -0.384. The standard InChI is InChI=1S/C19H15NO7/c1-19(2)6-11-14(27-8-19)5-15-16(17(11)20(24)25)10-3-9(18(22)23)4-13(21)12(10)7-26-15/h3-5,7H,6,8H2,1-2H3,(H,22,23). The summed E-state index contributed by atoms with van der Waals surface area (Å²) in [7, 11) is 0. The van der Waals surface area contributed by atoms with Gasteiger partial charge in [-0.05, 0) is 12.5 Å². The molecule has 0 unspecified atom stereocenters. The van der Waals surface area contributed by atoms with Crippen LogP contribution in [0, 0.1) is 15.5 Å². The minimum Gasteiger partial charge on any atom is -0.492 e. The first kappa shape index (κ1) is 17.0. The predicted molar refractivity (Wildman–Crippen MR) is 95.7 cm³/mol. The molecule has 8 nitrogen and oxygen atoms in total. The molecule has 8 heteroatoms. The van der Waals surface area contributed by atoms with E-state index in [1.807, 2.05) is 13.8 Å². The number of benzene rings is 2. The Morgan fingerprint density at radius 1 is 1.26 bits per heavy atom. The van der Waals surface area contributed by atoms with Gasteiger partial charge in [-0.25, -0.2) is 4.79 Å². The fourth-order valence-corrected chi connectivity index (χ4v) is 3.52. The summed E-state index contributed by atoms with van der Waals surface area (Å²) in [6.07, 6.45) is 1.60. The van der Waals surface area contributed by atoms with Crippen LogP contribution < -0.4 is 10.2 Å². The van der Waals surface area contributed by atoms with Crippen molar-refractivity contribution in [3.63, 3.8) is 0 Å². The molecular formula is C19H15NO7. The molecule has 138 valence electrons. The van der Waals surface area contributed by atoms with Crippen molar-refractivity contribution in [2.24, 2.45) is 5.41 Å². The minimum absolute atomic E-state index is 0.0894. The molecule has 0 spiro atoms. The molecule has 0 amide bonds. The van der Waals surface area contributed by atoms with Crippen LogP contribution in [0.5, 0.6) is 5.75 Å².